The van der Waals surface area contributed by atoms with Crippen molar-refractivity contribution in [3.05, 3.63) is 102 Å². The molecule has 0 saturated carbocycles. The van der Waals surface area contributed by atoms with Crippen LogP contribution in [0.25, 0.3) is 0 Å². The highest BCUT2D eigenvalue weighted by atomic mass is 16.5. The molecule has 1 amide bonds. The Morgan fingerprint density at radius 2 is 1.88 bits per heavy atom. The van der Waals surface area contributed by atoms with Gasteiger partial charge in [0, 0.05) is 50.3 Å². The highest BCUT2D eigenvalue weighted by molar-refractivity contribution is 5.77. The predicted molar refractivity (Wildman–Crippen MR) is 152 cm³/mol. The standard InChI is InChI=1S/C31H34N6O3/c32-31-25(5-2-10-34-31)20-35-12-3-16-39-26-6-1-4-24(19-26)30-28-8-7-27(40-17-15-35)18-23(28)9-13-37(30)29(38)21-36-14-11-33-22-36/h1-2,4-8,10-11,14,18-19,22,30H,3,9,12-13,15-17,20-21H2,(H2,32,34). The number of hydrogen-bond donors (Lipinski definition) is 1. The van der Waals surface area contributed by atoms with Crippen molar-refractivity contribution < 1.29 is 14.3 Å². The first kappa shape index (κ1) is 25.9. The summed E-state index contributed by atoms with van der Waals surface area (Å²) in [7, 11) is 0. The molecular formula is C31H34N6O3. The molecule has 0 aliphatic carbocycles. The van der Waals surface area contributed by atoms with E-state index in [9.17, 15) is 4.79 Å². The average molecular weight is 539 g/mol. The second kappa shape index (κ2) is 11.8. The molecule has 5 heterocycles. The molecule has 7 rings (SSSR count). The zero-order valence-electron chi connectivity index (χ0n) is 22.5. The maximum Gasteiger partial charge on any atom is 0.243 e. The van der Waals surface area contributed by atoms with E-state index in [0.29, 0.717) is 32.1 Å². The Bertz CT molecular complexity index is 1460. The van der Waals surface area contributed by atoms with E-state index < -0.39 is 0 Å². The molecule has 4 aromatic rings. The SMILES string of the molecule is Nc1ncccc1CN1CCCOc2cccc(c2)C2c3ccc(cc3CCN2C(=O)Cn2ccnc2)OCC1. The summed E-state index contributed by atoms with van der Waals surface area (Å²) >= 11 is 0. The molecule has 2 N–H and O–H groups in total. The molecule has 2 aromatic heterocycles. The first-order chi connectivity index (χ1) is 19.6. The normalized spacial score (nSPS) is 17.7. The van der Waals surface area contributed by atoms with Gasteiger partial charge in [-0.15, -0.1) is 0 Å². The van der Waals surface area contributed by atoms with Gasteiger partial charge in [0.05, 0.1) is 19.0 Å². The fraction of sp³-hybridized carbons (Fsp3) is 0.323. The van der Waals surface area contributed by atoms with Gasteiger partial charge in [0.2, 0.25) is 5.91 Å². The summed E-state index contributed by atoms with van der Waals surface area (Å²) < 4.78 is 14.3. The topological polar surface area (TPSA) is 98.7 Å². The molecule has 0 saturated heterocycles. The number of nitrogens with two attached hydrogens (primary N) is 1. The number of rotatable bonds is 4. The number of pyridine rings is 1. The number of aromatic nitrogens is 3. The van der Waals surface area contributed by atoms with E-state index in [4.69, 9.17) is 15.2 Å². The van der Waals surface area contributed by atoms with Gasteiger partial charge < -0.3 is 24.7 Å². The van der Waals surface area contributed by atoms with E-state index in [2.05, 4.69) is 39.1 Å². The van der Waals surface area contributed by atoms with Crippen molar-refractivity contribution in [3.63, 3.8) is 0 Å². The Morgan fingerprint density at radius 3 is 2.75 bits per heavy atom. The summed E-state index contributed by atoms with van der Waals surface area (Å²) in [4.78, 5) is 26.2. The number of carbonyl (C=O) groups is 1. The van der Waals surface area contributed by atoms with Gasteiger partial charge in [-0.2, -0.15) is 0 Å². The molecule has 40 heavy (non-hydrogen) atoms. The molecular weight excluding hydrogens is 504 g/mol. The molecule has 9 heteroatoms. The largest absolute Gasteiger partial charge is 0.494 e. The van der Waals surface area contributed by atoms with Gasteiger partial charge in [-0.3, -0.25) is 9.69 Å². The first-order valence-electron chi connectivity index (χ1n) is 13.8. The molecule has 3 aliphatic rings. The van der Waals surface area contributed by atoms with Crippen LogP contribution < -0.4 is 15.2 Å². The number of anilines is 1. The van der Waals surface area contributed by atoms with E-state index in [1.165, 1.54) is 5.56 Å². The second-order valence-electron chi connectivity index (χ2n) is 10.3. The van der Waals surface area contributed by atoms with Crippen LogP contribution in [-0.4, -0.2) is 63.1 Å². The summed E-state index contributed by atoms with van der Waals surface area (Å²) in [6.07, 6.45) is 8.52. The molecule has 1 atom stereocenters. The van der Waals surface area contributed by atoms with E-state index in [0.717, 1.165) is 54.1 Å². The highest BCUT2D eigenvalue weighted by Crippen LogP contribution is 2.38. The minimum Gasteiger partial charge on any atom is -0.494 e. The number of nitrogen functional groups attached to an aromatic ring is 1. The number of benzene rings is 2. The molecule has 206 valence electrons. The van der Waals surface area contributed by atoms with E-state index >= 15 is 0 Å². The van der Waals surface area contributed by atoms with E-state index in [1.807, 2.05) is 46.0 Å². The smallest absolute Gasteiger partial charge is 0.243 e. The van der Waals surface area contributed by atoms with Crippen molar-refractivity contribution in [2.75, 3.05) is 38.6 Å². The summed E-state index contributed by atoms with van der Waals surface area (Å²) in [5.74, 6) is 2.27. The lowest BCUT2D eigenvalue weighted by Gasteiger charge is -2.38. The van der Waals surface area contributed by atoms with Gasteiger partial charge in [-0.25, -0.2) is 9.97 Å². The highest BCUT2D eigenvalue weighted by Gasteiger charge is 2.32. The minimum absolute atomic E-state index is 0.0593. The average Bonchev–Trinajstić information content (AvgIpc) is 3.48. The number of imidazole rings is 1. The third-order valence-electron chi connectivity index (χ3n) is 7.60. The Kier molecular flexibility index (Phi) is 7.63. The van der Waals surface area contributed by atoms with Crippen LogP contribution in [0.15, 0.2) is 79.5 Å². The molecule has 9 nitrogen and oxygen atoms in total. The summed E-state index contributed by atoms with van der Waals surface area (Å²) in [6.45, 7) is 4.30. The lowest BCUT2D eigenvalue weighted by Crippen LogP contribution is -2.42. The van der Waals surface area contributed by atoms with Crippen molar-refractivity contribution in [1.29, 1.82) is 0 Å². The monoisotopic (exact) mass is 538 g/mol. The number of nitrogens with zero attached hydrogens (tertiary/aromatic N) is 5. The number of hydrogen-bond acceptors (Lipinski definition) is 7. The number of ether oxygens (including phenoxy) is 2. The Labute approximate surface area is 234 Å². The Balaban J connectivity index is 1.28. The zero-order chi connectivity index (χ0) is 27.3. The minimum atomic E-state index is -0.203. The molecule has 1 unspecified atom stereocenters. The number of fused-ring (bicyclic) bond motifs is 8. The van der Waals surface area contributed by atoms with Crippen LogP contribution in [0.5, 0.6) is 11.5 Å². The van der Waals surface area contributed by atoms with Gasteiger partial charge in [0.15, 0.2) is 0 Å². The lowest BCUT2D eigenvalue weighted by molar-refractivity contribution is -0.134. The summed E-state index contributed by atoms with van der Waals surface area (Å²) in [5, 5.41) is 0. The number of carbonyl (C=O) groups excluding carboxylic acids is 1. The molecule has 0 fully saturated rings. The second-order valence-corrected chi connectivity index (χ2v) is 10.3. The molecule has 6 bridgehead atoms. The van der Waals surface area contributed by atoms with Gasteiger partial charge in [0.1, 0.15) is 30.5 Å². The Morgan fingerprint density at radius 1 is 0.975 bits per heavy atom. The van der Waals surface area contributed by atoms with Crippen molar-refractivity contribution >= 4 is 11.7 Å². The predicted octanol–water partition coefficient (Wildman–Crippen LogP) is 3.70. The molecule has 0 spiro atoms. The lowest BCUT2D eigenvalue weighted by atomic mass is 9.87. The van der Waals surface area contributed by atoms with Crippen LogP contribution in [-0.2, 0) is 24.3 Å². The quantitative estimate of drug-likeness (QED) is 0.423. The van der Waals surface area contributed by atoms with Crippen molar-refractivity contribution in [2.45, 2.75) is 32.0 Å². The molecule has 0 radical (unpaired) electrons. The van der Waals surface area contributed by atoms with Gasteiger partial charge >= 0.3 is 0 Å². The first-order valence-corrected chi connectivity index (χ1v) is 13.8. The number of amides is 1. The molecule has 3 aliphatic heterocycles. The van der Waals surface area contributed by atoms with Crippen molar-refractivity contribution in [3.8, 4) is 11.5 Å². The van der Waals surface area contributed by atoms with Crippen LogP contribution in [0.4, 0.5) is 5.82 Å². The van der Waals surface area contributed by atoms with Crippen molar-refractivity contribution in [1.82, 2.24) is 24.3 Å². The van der Waals surface area contributed by atoms with Gasteiger partial charge in [-0.05, 0) is 59.9 Å². The summed E-state index contributed by atoms with van der Waals surface area (Å²) in [6, 6.07) is 18.1. The van der Waals surface area contributed by atoms with Crippen LogP contribution >= 0.6 is 0 Å². The zero-order valence-corrected chi connectivity index (χ0v) is 22.5. The fourth-order valence-electron chi connectivity index (χ4n) is 5.59. The summed E-state index contributed by atoms with van der Waals surface area (Å²) in [5.41, 5.74) is 10.5. The maximum atomic E-state index is 13.5. The van der Waals surface area contributed by atoms with Gasteiger partial charge in [-0.1, -0.05) is 24.3 Å². The van der Waals surface area contributed by atoms with Crippen LogP contribution in [0.3, 0.4) is 0 Å². The van der Waals surface area contributed by atoms with E-state index in [-0.39, 0.29) is 18.5 Å². The van der Waals surface area contributed by atoms with Crippen LogP contribution in [0.1, 0.15) is 34.7 Å². The van der Waals surface area contributed by atoms with Crippen molar-refractivity contribution in [2.24, 2.45) is 0 Å². The Hall–Kier alpha value is -4.37. The fourth-order valence-corrected chi connectivity index (χ4v) is 5.59. The third kappa shape index (κ3) is 5.79. The molecule has 2 aromatic carbocycles. The van der Waals surface area contributed by atoms with Crippen LogP contribution in [0, 0.1) is 0 Å². The maximum absolute atomic E-state index is 13.5. The van der Waals surface area contributed by atoms with Crippen LogP contribution in [0.2, 0.25) is 0 Å². The third-order valence-corrected chi connectivity index (χ3v) is 7.60. The van der Waals surface area contributed by atoms with E-state index in [1.54, 1.807) is 18.7 Å². The van der Waals surface area contributed by atoms with Gasteiger partial charge in [0.25, 0.3) is 0 Å².